The van der Waals surface area contributed by atoms with Gasteiger partial charge in [0.2, 0.25) is 5.91 Å². The molecular weight excluding hydrogens is 315 g/mol. The molecule has 0 unspecified atom stereocenters. The van der Waals surface area contributed by atoms with Crippen LogP contribution in [-0.4, -0.2) is 35.4 Å². The maximum Gasteiger partial charge on any atom is 0.325 e. The van der Waals surface area contributed by atoms with Gasteiger partial charge in [-0.15, -0.1) is 0 Å². The van der Waals surface area contributed by atoms with E-state index in [2.05, 4.69) is 59.6 Å². The van der Waals surface area contributed by atoms with Crippen LogP contribution in [0.1, 0.15) is 13.3 Å². The van der Waals surface area contributed by atoms with Gasteiger partial charge in [0.25, 0.3) is 0 Å². The lowest BCUT2D eigenvalue weighted by atomic mass is 10.1. The van der Waals surface area contributed by atoms with Crippen LogP contribution in [0.3, 0.4) is 0 Å². The molecule has 0 aliphatic rings. The molecule has 0 aliphatic heterocycles. The quantitative estimate of drug-likeness (QED) is 0.503. The molecule has 1 amide bonds. The van der Waals surface area contributed by atoms with Crippen LogP contribution in [0.4, 0.5) is 0 Å². The third-order valence-corrected chi connectivity index (χ3v) is 3.56. The van der Waals surface area contributed by atoms with Crippen molar-refractivity contribution in [2.45, 2.75) is 13.3 Å². The van der Waals surface area contributed by atoms with Crippen molar-refractivity contribution < 1.29 is 19.1 Å². The Labute approximate surface area is 136 Å². The van der Waals surface area contributed by atoms with Gasteiger partial charge in [0.15, 0.2) is 0 Å². The minimum atomic E-state index is -3.88. The Bertz CT molecular complexity index is 563. The zero-order valence-electron chi connectivity index (χ0n) is 13.5. The van der Waals surface area contributed by atoms with Crippen molar-refractivity contribution in [3.63, 3.8) is 0 Å². The number of nitrogens with one attached hydrogen (secondary N) is 1. The van der Waals surface area contributed by atoms with E-state index in [9.17, 15) is 9.36 Å². The number of nitrogens with two attached hydrogens (primary N) is 1. The van der Waals surface area contributed by atoms with Crippen LogP contribution in [-0.2, 0) is 9.36 Å². The first-order chi connectivity index (χ1) is 10.9. The van der Waals surface area contributed by atoms with Crippen molar-refractivity contribution in [2.75, 3.05) is 19.8 Å². The van der Waals surface area contributed by atoms with E-state index in [0.29, 0.717) is 13.0 Å². The Kier molecular flexibility index (Phi) is 10.9. The second-order valence-electron chi connectivity index (χ2n) is 4.57. The molecule has 0 radical (unpaired) electrons. The first kappa shape index (κ1) is 21.3. The molecule has 0 saturated carbocycles. The lowest BCUT2D eigenvalue weighted by molar-refractivity contribution is -0.118. The van der Waals surface area contributed by atoms with Gasteiger partial charge >= 0.3 is 7.60 Å². The van der Waals surface area contributed by atoms with Crippen molar-refractivity contribution in [3.8, 4) is 0 Å². The lowest BCUT2D eigenvalue weighted by Crippen LogP contribution is -2.21. The van der Waals surface area contributed by atoms with Crippen LogP contribution in [0.25, 0.3) is 10.8 Å². The summed E-state index contributed by atoms with van der Waals surface area (Å²) in [6.07, 6.45) is 0.136. The molecule has 5 N–H and O–H groups in total. The van der Waals surface area contributed by atoms with Crippen LogP contribution in [0.2, 0.25) is 0 Å². The van der Waals surface area contributed by atoms with E-state index in [4.69, 9.17) is 9.79 Å². The topological polar surface area (TPSA) is 113 Å². The molecule has 0 atom stereocenters. The number of carbonyl (C=O) groups excluding carboxylic acids is 1. The highest BCUT2D eigenvalue weighted by molar-refractivity contribution is 7.51. The molecule has 2 aromatic rings. The smallest absolute Gasteiger partial charge is 0.325 e. The normalized spacial score (nSPS) is 9.96. The standard InChI is InChI=1S/C10H8.C5H12NO4P.CH5N/c1-2-6-10-8-4-3-7-9(10)5-1;1-5(7)6-3-2-4-11(8,9)10;1-2/h1-8H;2-4H2,1H3,(H,6,7)(H2,8,9,10);2H2,1H3. The summed E-state index contributed by atoms with van der Waals surface area (Å²) in [6, 6.07) is 16.7. The van der Waals surface area contributed by atoms with E-state index < -0.39 is 7.60 Å². The van der Waals surface area contributed by atoms with Gasteiger partial charge in [-0.3, -0.25) is 9.36 Å². The maximum atomic E-state index is 10.3. The number of fused-ring (bicyclic) bond motifs is 1. The van der Waals surface area contributed by atoms with E-state index in [1.54, 1.807) is 0 Å². The van der Waals surface area contributed by atoms with Gasteiger partial charge in [0.1, 0.15) is 0 Å². The Morgan fingerprint density at radius 2 is 1.43 bits per heavy atom. The highest BCUT2D eigenvalue weighted by Crippen LogP contribution is 2.34. The Morgan fingerprint density at radius 1 is 1.04 bits per heavy atom. The molecule has 0 aliphatic carbocycles. The predicted octanol–water partition coefficient (Wildman–Crippen LogP) is 2.10. The predicted molar refractivity (Wildman–Crippen MR) is 94.3 cm³/mol. The molecule has 7 heteroatoms. The molecule has 6 nitrogen and oxygen atoms in total. The van der Waals surface area contributed by atoms with Crippen LogP contribution >= 0.6 is 7.60 Å². The first-order valence-corrected chi connectivity index (χ1v) is 8.99. The average molecular weight is 340 g/mol. The summed E-state index contributed by atoms with van der Waals surface area (Å²) in [5, 5.41) is 5.06. The molecule has 2 rings (SSSR count). The fraction of sp³-hybridized carbons (Fsp3) is 0.312. The molecule has 0 spiro atoms. The van der Waals surface area contributed by atoms with E-state index in [1.807, 2.05) is 0 Å². The molecule has 23 heavy (non-hydrogen) atoms. The van der Waals surface area contributed by atoms with Crippen molar-refractivity contribution in [1.82, 2.24) is 5.32 Å². The van der Waals surface area contributed by atoms with Crippen molar-refractivity contribution in [2.24, 2.45) is 5.73 Å². The van der Waals surface area contributed by atoms with Gasteiger partial charge in [-0.05, 0) is 24.2 Å². The SMILES string of the molecule is CC(=O)NCCCP(=O)(O)O.CN.c1ccc2ccccc2c1. The van der Waals surface area contributed by atoms with Crippen LogP contribution in [0.5, 0.6) is 0 Å². The summed E-state index contributed by atoms with van der Waals surface area (Å²) in [5.74, 6) is -0.185. The summed E-state index contributed by atoms with van der Waals surface area (Å²) in [4.78, 5) is 27.0. The molecule has 0 heterocycles. The maximum absolute atomic E-state index is 10.3. The molecule has 128 valence electrons. The van der Waals surface area contributed by atoms with Crippen LogP contribution in [0.15, 0.2) is 48.5 Å². The highest BCUT2D eigenvalue weighted by atomic mass is 31.2. The Hall–Kier alpha value is -1.72. The number of hydrogen-bond acceptors (Lipinski definition) is 3. The lowest BCUT2D eigenvalue weighted by Gasteiger charge is -2.03. The van der Waals surface area contributed by atoms with Crippen molar-refractivity contribution >= 4 is 24.3 Å². The summed E-state index contributed by atoms with van der Waals surface area (Å²) < 4.78 is 10.3. The Morgan fingerprint density at radius 3 is 1.74 bits per heavy atom. The monoisotopic (exact) mass is 340 g/mol. The number of benzene rings is 2. The van der Waals surface area contributed by atoms with E-state index in [0.717, 1.165) is 0 Å². The van der Waals surface area contributed by atoms with Gasteiger partial charge in [-0.25, -0.2) is 0 Å². The second kappa shape index (κ2) is 11.8. The zero-order valence-corrected chi connectivity index (χ0v) is 14.4. The minimum absolute atomic E-state index is 0.173. The number of hydrogen-bond donors (Lipinski definition) is 4. The number of rotatable bonds is 4. The molecule has 0 fully saturated rings. The van der Waals surface area contributed by atoms with Crippen molar-refractivity contribution in [1.29, 1.82) is 0 Å². The number of amides is 1. The Balaban J connectivity index is 0.000000380. The summed E-state index contributed by atoms with van der Waals surface area (Å²) >= 11 is 0. The molecule has 2 aromatic carbocycles. The third kappa shape index (κ3) is 11.5. The fourth-order valence-electron chi connectivity index (χ4n) is 1.68. The van der Waals surface area contributed by atoms with Crippen molar-refractivity contribution in [3.05, 3.63) is 48.5 Å². The summed E-state index contributed by atoms with van der Waals surface area (Å²) in [5.41, 5.74) is 4.50. The van der Waals surface area contributed by atoms with E-state index in [1.165, 1.54) is 24.7 Å². The average Bonchev–Trinajstić information content (AvgIpc) is 2.53. The fourth-order valence-corrected chi connectivity index (χ4v) is 2.25. The van der Waals surface area contributed by atoms with E-state index in [-0.39, 0.29) is 12.1 Å². The van der Waals surface area contributed by atoms with E-state index >= 15 is 0 Å². The van der Waals surface area contributed by atoms with Gasteiger partial charge < -0.3 is 20.8 Å². The molecule has 0 aromatic heterocycles. The van der Waals surface area contributed by atoms with Gasteiger partial charge in [0, 0.05) is 13.5 Å². The number of carbonyl (C=O) groups is 1. The first-order valence-electron chi connectivity index (χ1n) is 7.19. The summed E-state index contributed by atoms with van der Waals surface area (Å²) in [7, 11) is -2.38. The second-order valence-corrected chi connectivity index (χ2v) is 6.35. The molecule has 0 saturated heterocycles. The van der Waals surface area contributed by atoms with Gasteiger partial charge in [-0.1, -0.05) is 48.5 Å². The van der Waals surface area contributed by atoms with Crippen LogP contribution < -0.4 is 11.1 Å². The minimum Gasteiger partial charge on any atom is -0.356 e. The largest absolute Gasteiger partial charge is 0.356 e. The highest BCUT2D eigenvalue weighted by Gasteiger charge is 2.10. The van der Waals surface area contributed by atoms with Gasteiger partial charge in [0.05, 0.1) is 6.16 Å². The van der Waals surface area contributed by atoms with Gasteiger partial charge in [-0.2, -0.15) is 0 Å². The summed E-state index contributed by atoms with van der Waals surface area (Å²) in [6.45, 7) is 1.68. The molecule has 0 bridgehead atoms. The third-order valence-electron chi connectivity index (χ3n) is 2.66. The van der Waals surface area contributed by atoms with Crippen LogP contribution in [0, 0.1) is 0 Å². The molecular formula is C16H25N2O4P. The zero-order chi connectivity index (χ0) is 17.7.